The Balaban J connectivity index is 2.31. The monoisotopic (exact) mass is 146 g/mol. The fourth-order valence-electron chi connectivity index (χ4n) is 0.746. The Labute approximate surface area is 59.4 Å². The molecule has 0 atom stereocenters. The van der Waals surface area contributed by atoms with E-state index in [1.807, 2.05) is 0 Å². The molecule has 0 aliphatic carbocycles. The second-order valence-corrected chi connectivity index (χ2v) is 2.21. The van der Waals surface area contributed by atoms with Gasteiger partial charge < -0.3 is 9.64 Å². The van der Waals surface area contributed by atoms with Crippen molar-refractivity contribution in [2.24, 2.45) is 0 Å². The first-order valence-corrected chi connectivity index (χ1v) is 3.25. The number of carbonyl (C=O) groups excluding carboxylic acids is 1. The molecule has 0 spiro atoms. The van der Waals surface area contributed by atoms with Gasteiger partial charge >= 0.3 is 5.24 Å². The van der Waals surface area contributed by atoms with E-state index in [0.717, 1.165) is 0 Å². The van der Waals surface area contributed by atoms with Crippen molar-refractivity contribution in [3.8, 4) is 0 Å². The van der Waals surface area contributed by atoms with Crippen molar-refractivity contribution in [2.75, 3.05) is 26.3 Å². The van der Waals surface area contributed by atoms with Gasteiger partial charge in [-0.2, -0.15) is 0 Å². The molecule has 1 aliphatic rings. The normalized spacial score (nSPS) is 19.8. The van der Waals surface area contributed by atoms with E-state index in [1.165, 1.54) is 0 Å². The molecule has 0 aromatic heterocycles. The van der Waals surface area contributed by atoms with Crippen molar-refractivity contribution in [1.29, 1.82) is 0 Å². The van der Waals surface area contributed by atoms with Gasteiger partial charge in [0.15, 0.2) is 0 Å². The van der Waals surface area contributed by atoms with Crippen LogP contribution in [-0.4, -0.2) is 36.4 Å². The Kier molecular flexibility index (Phi) is 2.24. The Morgan fingerprint density at radius 2 is 2.00 bits per heavy atom. The average molecular weight is 146 g/mol. The van der Waals surface area contributed by atoms with Crippen molar-refractivity contribution in [3.63, 3.8) is 0 Å². The standard InChI is InChI=1S/C5H8NO2S/c7-5(9)6-1-3-8-4-2-6/h1-4H2. The third-order valence-corrected chi connectivity index (χ3v) is 1.53. The SMILES string of the molecule is O=C([S])N1CCOCC1. The zero-order valence-electron chi connectivity index (χ0n) is 5.00. The van der Waals surface area contributed by atoms with Crippen molar-refractivity contribution in [2.45, 2.75) is 0 Å². The van der Waals surface area contributed by atoms with Gasteiger partial charge in [-0.25, -0.2) is 0 Å². The van der Waals surface area contributed by atoms with Crippen LogP contribution in [0.1, 0.15) is 0 Å². The van der Waals surface area contributed by atoms with Crippen LogP contribution in [-0.2, 0) is 4.74 Å². The van der Waals surface area contributed by atoms with Crippen molar-refractivity contribution >= 4 is 17.9 Å². The number of amides is 1. The maximum absolute atomic E-state index is 10.5. The van der Waals surface area contributed by atoms with Gasteiger partial charge in [0.2, 0.25) is 0 Å². The Morgan fingerprint density at radius 1 is 1.44 bits per heavy atom. The number of nitrogens with zero attached hydrogens (tertiary/aromatic N) is 1. The van der Waals surface area contributed by atoms with Crippen LogP contribution in [0.25, 0.3) is 0 Å². The van der Waals surface area contributed by atoms with Crippen LogP contribution in [0.3, 0.4) is 0 Å². The van der Waals surface area contributed by atoms with Gasteiger partial charge in [-0.3, -0.25) is 4.79 Å². The molecule has 4 heteroatoms. The third kappa shape index (κ3) is 1.80. The Bertz CT molecular complexity index is 112. The van der Waals surface area contributed by atoms with Crippen molar-refractivity contribution in [1.82, 2.24) is 4.90 Å². The molecule has 0 bridgehead atoms. The summed E-state index contributed by atoms with van der Waals surface area (Å²) in [6.07, 6.45) is 0. The summed E-state index contributed by atoms with van der Waals surface area (Å²) in [4.78, 5) is 12.1. The summed E-state index contributed by atoms with van der Waals surface area (Å²) >= 11 is 4.43. The first kappa shape index (κ1) is 6.77. The van der Waals surface area contributed by atoms with Gasteiger partial charge in [0, 0.05) is 13.1 Å². The molecule has 0 unspecified atom stereocenters. The van der Waals surface area contributed by atoms with E-state index in [0.29, 0.717) is 26.3 Å². The molecular weight excluding hydrogens is 138 g/mol. The van der Waals surface area contributed by atoms with E-state index in [4.69, 9.17) is 4.74 Å². The molecule has 1 aliphatic heterocycles. The van der Waals surface area contributed by atoms with Gasteiger partial charge in [0.05, 0.1) is 13.2 Å². The van der Waals surface area contributed by atoms with E-state index in [-0.39, 0.29) is 5.24 Å². The summed E-state index contributed by atoms with van der Waals surface area (Å²) in [7, 11) is 0. The minimum absolute atomic E-state index is 0.265. The van der Waals surface area contributed by atoms with Crippen LogP contribution in [0.4, 0.5) is 4.79 Å². The number of ether oxygens (including phenoxy) is 1. The van der Waals surface area contributed by atoms with Crippen LogP contribution < -0.4 is 0 Å². The van der Waals surface area contributed by atoms with Gasteiger partial charge in [-0.05, 0) is 12.6 Å². The molecular formula is C5H8NO2S. The quantitative estimate of drug-likeness (QED) is 0.502. The minimum Gasteiger partial charge on any atom is -0.378 e. The van der Waals surface area contributed by atoms with Gasteiger partial charge in [-0.1, -0.05) is 0 Å². The number of hydrogen-bond acceptors (Lipinski definition) is 2. The number of rotatable bonds is 0. The van der Waals surface area contributed by atoms with Crippen molar-refractivity contribution in [3.05, 3.63) is 0 Å². The Hall–Kier alpha value is -0.350. The molecule has 0 aromatic rings. The number of carbonyl (C=O) groups is 1. The minimum atomic E-state index is -0.265. The van der Waals surface area contributed by atoms with E-state index >= 15 is 0 Å². The fraction of sp³-hybridized carbons (Fsp3) is 0.800. The first-order valence-electron chi connectivity index (χ1n) is 2.84. The fourth-order valence-corrected chi connectivity index (χ4v) is 0.928. The van der Waals surface area contributed by atoms with E-state index in [1.54, 1.807) is 4.90 Å². The second kappa shape index (κ2) is 2.98. The largest absolute Gasteiger partial charge is 0.378 e. The lowest BCUT2D eigenvalue weighted by Gasteiger charge is -2.23. The van der Waals surface area contributed by atoms with Gasteiger partial charge in [0.1, 0.15) is 0 Å². The third-order valence-electron chi connectivity index (χ3n) is 1.27. The molecule has 1 rings (SSSR count). The van der Waals surface area contributed by atoms with Crippen molar-refractivity contribution < 1.29 is 9.53 Å². The maximum Gasteiger partial charge on any atom is 0.313 e. The highest BCUT2D eigenvalue weighted by Crippen LogP contribution is 1.99. The molecule has 1 amide bonds. The lowest BCUT2D eigenvalue weighted by Crippen LogP contribution is -2.37. The molecule has 1 fully saturated rings. The Morgan fingerprint density at radius 3 is 2.33 bits per heavy atom. The zero-order valence-corrected chi connectivity index (χ0v) is 5.82. The summed E-state index contributed by atoms with van der Waals surface area (Å²) in [6.45, 7) is 2.56. The van der Waals surface area contributed by atoms with E-state index < -0.39 is 0 Å². The number of hydrogen-bond donors (Lipinski definition) is 0. The summed E-state index contributed by atoms with van der Waals surface area (Å²) in [5.74, 6) is 0. The van der Waals surface area contributed by atoms with Gasteiger partial charge in [-0.15, -0.1) is 0 Å². The highest BCUT2D eigenvalue weighted by Gasteiger charge is 2.13. The average Bonchev–Trinajstić information content (AvgIpc) is 1.90. The number of morpholine rings is 1. The predicted octanol–water partition coefficient (Wildman–Crippen LogP) is 0.636. The van der Waals surface area contributed by atoms with Crippen LogP contribution in [0.5, 0.6) is 0 Å². The molecule has 1 heterocycles. The summed E-state index contributed by atoms with van der Waals surface area (Å²) in [5.41, 5.74) is 0. The molecule has 0 saturated carbocycles. The van der Waals surface area contributed by atoms with E-state index in [2.05, 4.69) is 12.6 Å². The summed E-state index contributed by atoms with van der Waals surface area (Å²) in [5, 5.41) is -0.265. The van der Waals surface area contributed by atoms with Crippen LogP contribution in [0.2, 0.25) is 0 Å². The predicted molar refractivity (Wildman–Crippen MR) is 35.4 cm³/mol. The van der Waals surface area contributed by atoms with Crippen LogP contribution in [0, 0.1) is 0 Å². The lowest BCUT2D eigenvalue weighted by molar-refractivity contribution is 0.0594. The zero-order chi connectivity index (χ0) is 6.69. The lowest BCUT2D eigenvalue weighted by atomic mass is 10.5. The maximum atomic E-state index is 10.5. The van der Waals surface area contributed by atoms with Gasteiger partial charge in [0.25, 0.3) is 0 Å². The summed E-state index contributed by atoms with van der Waals surface area (Å²) in [6, 6.07) is 0. The molecule has 0 aromatic carbocycles. The first-order chi connectivity index (χ1) is 4.30. The molecule has 3 nitrogen and oxygen atoms in total. The highest BCUT2D eigenvalue weighted by atomic mass is 32.1. The topological polar surface area (TPSA) is 29.5 Å². The smallest absolute Gasteiger partial charge is 0.313 e. The van der Waals surface area contributed by atoms with E-state index in [9.17, 15) is 4.79 Å². The molecule has 51 valence electrons. The molecule has 9 heavy (non-hydrogen) atoms. The second-order valence-electron chi connectivity index (χ2n) is 1.87. The highest BCUT2D eigenvalue weighted by molar-refractivity contribution is 7.96. The molecule has 1 saturated heterocycles. The van der Waals surface area contributed by atoms with Crippen LogP contribution in [0.15, 0.2) is 0 Å². The van der Waals surface area contributed by atoms with Crippen LogP contribution >= 0.6 is 12.6 Å². The molecule has 0 N–H and O–H groups in total. The molecule has 1 radical (unpaired) electrons. The summed E-state index contributed by atoms with van der Waals surface area (Å²) < 4.78 is 5.01.